The highest BCUT2D eigenvalue weighted by Gasteiger charge is 2.82. The first-order valence-corrected chi connectivity index (χ1v) is 7.17. The Labute approximate surface area is 128 Å². The van der Waals surface area contributed by atoms with Crippen LogP contribution in [0.1, 0.15) is 19.3 Å². The Morgan fingerprint density at radius 1 is 0.810 bits per heavy atom. The summed E-state index contributed by atoms with van der Waals surface area (Å²) < 4.78 is 114. The summed E-state index contributed by atoms with van der Waals surface area (Å²) in [4.78, 5) is 0. The molecule has 11 heteroatoms. The minimum Gasteiger partial charge on any atom is -0.396 e. The van der Waals surface area contributed by atoms with E-state index in [2.05, 4.69) is 0 Å². The fraction of sp³-hybridized carbons (Fsp3) is 1.00. The molecule has 0 rings (SSSR count). The second-order valence-corrected chi connectivity index (χ2v) is 5.22. The number of rotatable bonds is 8. The smallest absolute Gasteiger partial charge is 0.396 e. The van der Waals surface area contributed by atoms with Gasteiger partial charge in [-0.3, -0.25) is 0 Å². The number of aliphatic hydroxyl groups excluding tert-OH is 1. The number of hydrogen-bond acceptors (Lipinski definition) is 1. The molecule has 0 fully saturated rings. The molecule has 1 atom stereocenters. The van der Waals surface area contributed by atoms with Crippen molar-refractivity contribution in [3.63, 3.8) is 0 Å². The number of unbranched alkanes of at least 4 members (excludes halogenated alkanes) is 1. The van der Waals surface area contributed by atoms with Gasteiger partial charge in [0.05, 0.1) is 0 Å². The van der Waals surface area contributed by atoms with Crippen LogP contribution in [0.4, 0.5) is 39.5 Å². The zero-order valence-corrected chi connectivity index (χ0v) is 12.5. The molecule has 1 unspecified atom stereocenters. The van der Waals surface area contributed by atoms with Crippen LogP contribution in [0.5, 0.6) is 0 Å². The monoisotopic (exact) mass is 446 g/mol. The van der Waals surface area contributed by atoms with Crippen molar-refractivity contribution >= 4 is 22.6 Å². The van der Waals surface area contributed by atoms with Crippen LogP contribution in [0, 0.1) is 5.92 Å². The lowest BCUT2D eigenvalue weighted by Crippen LogP contribution is -2.63. The Hall–Kier alpha value is 0.0600. The second kappa shape index (κ2) is 7.09. The van der Waals surface area contributed by atoms with E-state index in [9.17, 15) is 39.5 Å². The van der Waals surface area contributed by atoms with Crippen LogP contribution in [-0.4, -0.2) is 40.1 Å². The molecule has 0 aromatic rings. The second-order valence-electron chi connectivity index (χ2n) is 4.34. The minimum absolute atomic E-state index is 0.0511. The predicted octanol–water partition coefficient (Wildman–Crippen LogP) is 4.67. The zero-order chi connectivity index (χ0) is 17.1. The highest BCUT2D eigenvalue weighted by atomic mass is 127. The lowest BCUT2D eigenvalue weighted by molar-refractivity contribution is -0.402. The van der Waals surface area contributed by atoms with E-state index in [4.69, 9.17) is 5.11 Å². The van der Waals surface area contributed by atoms with Gasteiger partial charge in [-0.25, -0.2) is 0 Å². The molecule has 0 aliphatic carbocycles. The van der Waals surface area contributed by atoms with Crippen molar-refractivity contribution in [2.75, 3.05) is 11.0 Å². The third-order valence-electron chi connectivity index (χ3n) is 2.83. The van der Waals surface area contributed by atoms with Crippen LogP contribution < -0.4 is 0 Å². The van der Waals surface area contributed by atoms with Crippen molar-refractivity contribution < 1.29 is 44.6 Å². The first kappa shape index (κ1) is 21.1. The molecule has 128 valence electrons. The van der Waals surface area contributed by atoms with E-state index in [1.807, 2.05) is 0 Å². The Balaban J connectivity index is 5.42. The Kier molecular flexibility index (Phi) is 7.11. The standard InChI is InChI=1S/C10H12F9IO/c11-7(12,6(5-20)3-1-2-4-21)8(13,14)9(15,16)10(17,18)19/h6,21H,1-5H2. The van der Waals surface area contributed by atoms with Crippen LogP contribution >= 0.6 is 22.6 Å². The van der Waals surface area contributed by atoms with E-state index in [0.717, 1.165) is 0 Å². The van der Waals surface area contributed by atoms with Gasteiger partial charge >= 0.3 is 23.9 Å². The molecule has 0 aliphatic heterocycles. The molecule has 0 radical (unpaired) electrons. The summed E-state index contributed by atoms with van der Waals surface area (Å²) >= 11 is 1.21. The van der Waals surface area contributed by atoms with Gasteiger partial charge < -0.3 is 5.11 Å². The summed E-state index contributed by atoms with van der Waals surface area (Å²) in [5, 5.41) is 8.44. The number of halogens is 10. The van der Waals surface area contributed by atoms with Crippen LogP contribution in [0.15, 0.2) is 0 Å². The predicted molar refractivity (Wildman–Crippen MR) is 64.2 cm³/mol. The molecular weight excluding hydrogens is 434 g/mol. The topological polar surface area (TPSA) is 20.2 Å². The molecule has 0 saturated carbocycles. The van der Waals surface area contributed by atoms with Crippen LogP contribution in [0.2, 0.25) is 0 Å². The van der Waals surface area contributed by atoms with Crippen molar-refractivity contribution in [1.82, 2.24) is 0 Å². The van der Waals surface area contributed by atoms with Gasteiger partial charge in [-0.1, -0.05) is 29.0 Å². The van der Waals surface area contributed by atoms with Gasteiger partial charge in [0.1, 0.15) is 0 Å². The van der Waals surface area contributed by atoms with Crippen LogP contribution in [-0.2, 0) is 0 Å². The molecule has 0 heterocycles. The molecule has 0 spiro atoms. The highest BCUT2D eigenvalue weighted by Crippen LogP contribution is 2.56. The van der Waals surface area contributed by atoms with E-state index >= 15 is 0 Å². The maximum Gasteiger partial charge on any atom is 0.460 e. The van der Waals surface area contributed by atoms with E-state index in [1.165, 1.54) is 22.6 Å². The fourth-order valence-electron chi connectivity index (χ4n) is 1.50. The Morgan fingerprint density at radius 3 is 1.62 bits per heavy atom. The van der Waals surface area contributed by atoms with E-state index < -0.39 is 47.3 Å². The van der Waals surface area contributed by atoms with Crippen LogP contribution in [0.25, 0.3) is 0 Å². The van der Waals surface area contributed by atoms with E-state index in [-0.39, 0.29) is 12.8 Å². The number of aliphatic hydroxyl groups is 1. The van der Waals surface area contributed by atoms with E-state index in [1.54, 1.807) is 0 Å². The van der Waals surface area contributed by atoms with Gasteiger partial charge in [0.2, 0.25) is 0 Å². The molecule has 1 N–H and O–H groups in total. The number of alkyl halides is 10. The molecular formula is C10H12F9IO. The van der Waals surface area contributed by atoms with Crippen molar-refractivity contribution in [3.05, 3.63) is 0 Å². The lowest BCUT2D eigenvalue weighted by Gasteiger charge is -2.37. The molecule has 0 aliphatic rings. The van der Waals surface area contributed by atoms with Gasteiger partial charge in [-0.2, -0.15) is 39.5 Å². The third-order valence-corrected chi connectivity index (χ3v) is 3.89. The third kappa shape index (κ3) is 4.08. The summed E-state index contributed by atoms with van der Waals surface area (Å²) in [6.45, 7) is -0.436. The summed E-state index contributed by atoms with van der Waals surface area (Å²) in [7, 11) is 0. The Bertz CT molecular complexity index is 329. The van der Waals surface area contributed by atoms with Crippen molar-refractivity contribution in [2.24, 2.45) is 5.92 Å². The lowest BCUT2D eigenvalue weighted by atomic mass is 9.89. The first-order chi connectivity index (χ1) is 9.27. The van der Waals surface area contributed by atoms with E-state index in [0.29, 0.717) is 0 Å². The zero-order valence-electron chi connectivity index (χ0n) is 10.3. The van der Waals surface area contributed by atoms with Gasteiger partial charge in [0.15, 0.2) is 0 Å². The average Bonchev–Trinajstić information content (AvgIpc) is 2.32. The maximum atomic E-state index is 13.5. The summed E-state index contributed by atoms with van der Waals surface area (Å²) in [6, 6.07) is 0. The fourth-order valence-corrected chi connectivity index (χ4v) is 2.50. The van der Waals surface area contributed by atoms with Gasteiger partial charge in [0.25, 0.3) is 0 Å². The molecule has 0 saturated heterocycles. The van der Waals surface area contributed by atoms with Gasteiger partial charge in [-0.15, -0.1) is 0 Å². The summed E-state index contributed by atoms with van der Waals surface area (Å²) in [5.41, 5.74) is 0. The van der Waals surface area contributed by atoms with Crippen molar-refractivity contribution in [1.29, 1.82) is 0 Å². The highest BCUT2D eigenvalue weighted by molar-refractivity contribution is 14.1. The molecule has 21 heavy (non-hydrogen) atoms. The summed E-state index contributed by atoms with van der Waals surface area (Å²) in [6.07, 6.45) is -7.75. The van der Waals surface area contributed by atoms with Gasteiger partial charge in [0, 0.05) is 17.0 Å². The maximum absolute atomic E-state index is 13.5. The molecule has 0 aromatic carbocycles. The molecule has 0 amide bonds. The quantitative estimate of drug-likeness (QED) is 0.249. The van der Waals surface area contributed by atoms with Crippen molar-refractivity contribution in [2.45, 2.75) is 43.2 Å². The van der Waals surface area contributed by atoms with Crippen molar-refractivity contribution in [3.8, 4) is 0 Å². The number of hydrogen-bond donors (Lipinski definition) is 1. The van der Waals surface area contributed by atoms with Crippen LogP contribution in [0.3, 0.4) is 0 Å². The average molecular weight is 446 g/mol. The van der Waals surface area contributed by atoms with Gasteiger partial charge in [-0.05, 0) is 12.8 Å². The molecule has 1 nitrogen and oxygen atoms in total. The summed E-state index contributed by atoms with van der Waals surface area (Å²) in [5.74, 6) is -21.3. The largest absolute Gasteiger partial charge is 0.460 e. The normalized spacial score (nSPS) is 16.1. The first-order valence-electron chi connectivity index (χ1n) is 5.64. The Morgan fingerprint density at radius 2 is 1.29 bits per heavy atom. The SMILES string of the molecule is OCCCCC(CI)C(F)(F)C(F)(F)C(F)(F)C(F)(F)F. The minimum atomic E-state index is -6.84. The molecule has 0 bridgehead atoms. The molecule has 0 aromatic heterocycles.